The molecule has 0 bridgehead atoms. The number of halogens is 1. The summed E-state index contributed by atoms with van der Waals surface area (Å²) in [4.78, 5) is 9.15. The summed E-state index contributed by atoms with van der Waals surface area (Å²) in [5, 5.41) is 23.0. The largest absolute Gasteiger partial charge is 0.509 e. The third-order valence-electron chi connectivity index (χ3n) is 6.48. The highest BCUT2D eigenvalue weighted by Crippen LogP contribution is 2.35. The Bertz CT molecular complexity index is 1350. The molecule has 1 aromatic heterocycles. The number of methoxy groups -OCH3 is 2. The molecule has 2 aliphatic heterocycles. The lowest BCUT2D eigenvalue weighted by atomic mass is 10.1. The van der Waals surface area contributed by atoms with Gasteiger partial charge < -0.3 is 24.1 Å². The van der Waals surface area contributed by atoms with Gasteiger partial charge in [-0.3, -0.25) is 9.80 Å². The number of aromatic nitrogens is 1. The van der Waals surface area contributed by atoms with Gasteiger partial charge in [0.15, 0.2) is 23.0 Å². The molecule has 0 aliphatic carbocycles. The lowest BCUT2D eigenvalue weighted by Gasteiger charge is -2.34. The molecule has 0 amide bonds. The van der Waals surface area contributed by atoms with Gasteiger partial charge in [0.25, 0.3) is 0 Å². The van der Waals surface area contributed by atoms with Crippen molar-refractivity contribution >= 4 is 29.3 Å². The van der Waals surface area contributed by atoms with Crippen molar-refractivity contribution in [1.29, 1.82) is 5.26 Å². The Morgan fingerprint density at radius 1 is 1.03 bits per heavy atom. The minimum Gasteiger partial charge on any atom is -0.509 e. The Morgan fingerprint density at radius 3 is 2.50 bits per heavy atom. The molecule has 0 unspecified atom stereocenters. The van der Waals surface area contributed by atoms with Crippen LogP contribution in [0.25, 0.3) is 16.8 Å². The van der Waals surface area contributed by atoms with Gasteiger partial charge >= 0.3 is 0 Å². The Balaban J connectivity index is 0.00000336. The van der Waals surface area contributed by atoms with Crippen LogP contribution in [-0.4, -0.2) is 73.6 Å². The SMILES string of the molecule is COc1ccc(-c2csc(C(C#N)=C(O)CN3CCN(Cc4ccc5c(c4)OCO5)CC3)n2)cc1OC.Cl. The third kappa shape index (κ3) is 5.97. The van der Waals surface area contributed by atoms with E-state index in [1.165, 1.54) is 16.9 Å². The first kappa shape index (κ1) is 27.5. The molecule has 38 heavy (non-hydrogen) atoms. The Kier molecular flexibility index (Phi) is 8.97. The number of thiazole rings is 1. The van der Waals surface area contributed by atoms with E-state index < -0.39 is 0 Å². The van der Waals surface area contributed by atoms with Crippen LogP contribution in [0, 0.1) is 11.3 Å². The summed E-state index contributed by atoms with van der Waals surface area (Å²) in [5.41, 5.74) is 2.94. The van der Waals surface area contributed by atoms with Crippen molar-refractivity contribution in [3.05, 3.63) is 58.1 Å². The maximum absolute atomic E-state index is 10.8. The zero-order valence-corrected chi connectivity index (χ0v) is 22.8. The fraction of sp³-hybridized carbons (Fsp3) is 0.333. The van der Waals surface area contributed by atoms with E-state index in [1.54, 1.807) is 14.2 Å². The number of hydrogen-bond acceptors (Lipinski definition) is 10. The second-order valence-corrected chi connectivity index (χ2v) is 9.64. The number of nitrogens with zero attached hydrogens (tertiary/aromatic N) is 4. The van der Waals surface area contributed by atoms with Crippen LogP contribution >= 0.6 is 23.7 Å². The van der Waals surface area contributed by atoms with Gasteiger partial charge in [0.05, 0.1) is 26.5 Å². The molecular formula is C27H29ClN4O5S. The lowest BCUT2D eigenvalue weighted by molar-refractivity contribution is 0.125. The van der Waals surface area contributed by atoms with E-state index in [0.717, 1.165) is 49.8 Å². The average Bonchev–Trinajstić information content (AvgIpc) is 3.60. The Morgan fingerprint density at radius 2 is 1.76 bits per heavy atom. The second-order valence-electron chi connectivity index (χ2n) is 8.78. The van der Waals surface area contributed by atoms with Crippen LogP contribution in [0.15, 0.2) is 47.5 Å². The number of rotatable bonds is 8. The third-order valence-corrected chi connectivity index (χ3v) is 7.34. The van der Waals surface area contributed by atoms with Crippen molar-refractivity contribution < 1.29 is 24.1 Å². The van der Waals surface area contributed by atoms with Crippen LogP contribution < -0.4 is 18.9 Å². The normalized spacial score (nSPS) is 15.8. The molecule has 3 aromatic rings. The number of aliphatic hydroxyl groups excluding tert-OH is 1. The highest BCUT2D eigenvalue weighted by molar-refractivity contribution is 7.11. The van der Waals surface area contributed by atoms with E-state index in [1.807, 2.05) is 35.7 Å². The molecule has 2 aliphatic rings. The topological polar surface area (TPSA) is 100 Å². The quantitative estimate of drug-likeness (QED) is 0.315. The maximum atomic E-state index is 10.8. The summed E-state index contributed by atoms with van der Waals surface area (Å²) in [6.45, 7) is 4.73. The summed E-state index contributed by atoms with van der Waals surface area (Å²) < 4.78 is 21.6. The molecule has 0 radical (unpaired) electrons. The number of ether oxygens (including phenoxy) is 4. The number of allylic oxidation sites excluding steroid dienone is 1. The van der Waals surface area contributed by atoms with E-state index in [2.05, 4.69) is 26.9 Å². The molecular weight excluding hydrogens is 528 g/mol. The number of benzene rings is 2. The minimum absolute atomic E-state index is 0. The van der Waals surface area contributed by atoms with E-state index >= 15 is 0 Å². The van der Waals surface area contributed by atoms with Crippen LogP contribution in [0.1, 0.15) is 10.6 Å². The monoisotopic (exact) mass is 556 g/mol. The highest BCUT2D eigenvalue weighted by atomic mass is 35.5. The first-order valence-electron chi connectivity index (χ1n) is 11.9. The zero-order chi connectivity index (χ0) is 25.8. The predicted molar refractivity (Wildman–Crippen MR) is 147 cm³/mol. The second kappa shape index (κ2) is 12.4. The van der Waals surface area contributed by atoms with Crippen molar-refractivity contribution in [1.82, 2.24) is 14.8 Å². The molecule has 1 fully saturated rings. The Labute approximate surface area is 231 Å². The maximum Gasteiger partial charge on any atom is 0.231 e. The molecule has 5 rings (SSSR count). The van der Waals surface area contributed by atoms with Gasteiger partial charge in [0.2, 0.25) is 6.79 Å². The van der Waals surface area contributed by atoms with Gasteiger partial charge in [0.1, 0.15) is 22.4 Å². The highest BCUT2D eigenvalue weighted by Gasteiger charge is 2.22. The van der Waals surface area contributed by atoms with Gasteiger partial charge in [0, 0.05) is 43.7 Å². The molecule has 200 valence electrons. The molecule has 2 aromatic carbocycles. The van der Waals surface area contributed by atoms with Gasteiger partial charge in [-0.05, 0) is 35.9 Å². The molecule has 11 heteroatoms. The van der Waals surface area contributed by atoms with Crippen molar-refractivity contribution in [2.24, 2.45) is 0 Å². The molecule has 1 N–H and O–H groups in total. The standard InChI is InChI=1S/C27H28N4O5S.ClH/c1-33-23-6-4-19(12-25(23)34-2)21-16-37-27(29-21)20(13-28)22(32)15-31-9-7-30(8-10-31)14-18-3-5-24-26(11-18)36-17-35-24;/h3-6,11-12,16,32H,7-10,14-15,17H2,1-2H3;1H. The number of nitriles is 1. The van der Waals surface area contributed by atoms with Crippen LogP contribution in [-0.2, 0) is 6.54 Å². The zero-order valence-electron chi connectivity index (χ0n) is 21.2. The number of fused-ring (bicyclic) bond motifs is 1. The van der Waals surface area contributed by atoms with Gasteiger partial charge in [-0.2, -0.15) is 5.26 Å². The molecule has 0 spiro atoms. The van der Waals surface area contributed by atoms with Crippen molar-refractivity contribution in [3.63, 3.8) is 0 Å². The summed E-state index contributed by atoms with van der Waals surface area (Å²) in [6.07, 6.45) is 0. The van der Waals surface area contributed by atoms with E-state index in [0.29, 0.717) is 28.7 Å². The van der Waals surface area contributed by atoms with Crippen molar-refractivity contribution in [2.45, 2.75) is 6.54 Å². The molecule has 3 heterocycles. The van der Waals surface area contributed by atoms with Gasteiger partial charge in [-0.15, -0.1) is 23.7 Å². The first-order chi connectivity index (χ1) is 18.1. The Hall–Kier alpha value is -3.49. The van der Waals surface area contributed by atoms with Crippen LogP contribution in [0.5, 0.6) is 23.0 Å². The van der Waals surface area contributed by atoms with E-state index in [-0.39, 0.29) is 30.5 Å². The number of aliphatic hydroxyl groups is 1. The van der Waals surface area contributed by atoms with Crippen molar-refractivity contribution in [3.8, 4) is 40.3 Å². The van der Waals surface area contributed by atoms with E-state index in [9.17, 15) is 10.4 Å². The summed E-state index contributed by atoms with van der Waals surface area (Å²) >= 11 is 1.33. The summed E-state index contributed by atoms with van der Waals surface area (Å²) in [7, 11) is 3.17. The molecule has 9 nitrogen and oxygen atoms in total. The molecule has 0 saturated carbocycles. The summed E-state index contributed by atoms with van der Waals surface area (Å²) in [5.74, 6) is 2.87. The van der Waals surface area contributed by atoms with E-state index in [4.69, 9.17) is 18.9 Å². The number of piperazine rings is 1. The summed E-state index contributed by atoms with van der Waals surface area (Å²) in [6, 6.07) is 13.8. The van der Waals surface area contributed by atoms with Crippen molar-refractivity contribution in [2.75, 3.05) is 53.7 Å². The molecule has 1 saturated heterocycles. The fourth-order valence-corrected chi connectivity index (χ4v) is 5.29. The predicted octanol–water partition coefficient (Wildman–Crippen LogP) is 4.59. The van der Waals surface area contributed by atoms with Crippen LogP contribution in [0.4, 0.5) is 0 Å². The first-order valence-corrected chi connectivity index (χ1v) is 12.8. The lowest BCUT2D eigenvalue weighted by Crippen LogP contribution is -2.46. The van der Waals surface area contributed by atoms with Gasteiger partial charge in [-0.25, -0.2) is 4.98 Å². The fourth-order valence-electron chi connectivity index (χ4n) is 4.45. The number of hydrogen-bond donors (Lipinski definition) is 1. The smallest absolute Gasteiger partial charge is 0.231 e. The molecule has 0 atom stereocenters. The average molecular weight is 557 g/mol. The van der Waals surface area contributed by atoms with Crippen LogP contribution in [0.3, 0.4) is 0 Å². The van der Waals surface area contributed by atoms with Gasteiger partial charge in [-0.1, -0.05) is 6.07 Å². The minimum atomic E-state index is 0. The van der Waals surface area contributed by atoms with Crippen LogP contribution in [0.2, 0.25) is 0 Å².